The fourth-order valence-electron chi connectivity index (χ4n) is 1.43. The Morgan fingerprint density at radius 3 is 3.31 bits per heavy atom. The molecule has 0 spiro atoms. The molecule has 13 heavy (non-hydrogen) atoms. The molecule has 1 aliphatic rings. The summed E-state index contributed by atoms with van der Waals surface area (Å²) in [6.45, 7) is 0. The van der Waals surface area contributed by atoms with Gasteiger partial charge in [-0.25, -0.2) is 4.79 Å². The van der Waals surface area contributed by atoms with Crippen LogP contribution in [0.3, 0.4) is 0 Å². The van der Waals surface area contributed by atoms with E-state index in [9.17, 15) is 4.79 Å². The Labute approximate surface area is 80.3 Å². The van der Waals surface area contributed by atoms with E-state index in [0.717, 1.165) is 23.5 Å². The summed E-state index contributed by atoms with van der Waals surface area (Å²) in [5, 5.41) is 0. The molecule has 0 radical (unpaired) electrons. The zero-order valence-electron chi connectivity index (χ0n) is 6.99. The van der Waals surface area contributed by atoms with Gasteiger partial charge in [-0.1, -0.05) is 0 Å². The first-order valence-electron chi connectivity index (χ1n) is 4.03. The lowest BCUT2D eigenvalue weighted by Crippen LogP contribution is -2.02. The van der Waals surface area contributed by atoms with E-state index in [0.29, 0.717) is 5.69 Å². The normalized spacial score (nSPS) is 14.5. The van der Waals surface area contributed by atoms with Crippen LogP contribution in [-0.2, 0) is 17.0 Å². The van der Waals surface area contributed by atoms with Gasteiger partial charge in [0.2, 0.25) is 6.08 Å². The number of carbonyl (C=O) groups excluding carboxylic acids is 1. The molecular weight excluding hydrogens is 184 g/mol. The molecule has 0 saturated heterocycles. The number of aliphatic imine (C=N–C) groups is 1. The van der Waals surface area contributed by atoms with Crippen molar-refractivity contribution in [3.63, 3.8) is 0 Å². The average molecular weight is 192 g/mol. The number of hydrogen-bond acceptors (Lipinski definition) is 4. The summed E-state index contributed by atoms with van der Waals surface area (Å²) in [5.41, 5.74) is 3.05. The summed E-state index contributed by atoms with van der Waals surface area (Å²) in [6.07, 6.45) is 6.01. The highest BCUT2D eigenvalue weighted by Crippen LogP contribution is 2.30. The zero-order chi connectivity index (χ0) is 9.10. The van der Waals surface area contributed by atoms with E-state index in [-0.39, 0.29) is 0 Å². The van der Waals surface area contributed by atoms with Gasteiger partial charge in [-0.05, 0) is 23.3 Å². The van der Waals surface area contributed by atoms with Gasteiger partial charge in [-0.2, -0.15) is 16.8 Å². The molecule has 0 unspecified atom stereocenters. The maximum atomic E-state index is 10.1. The van der Waals surface area contributed by atoms with Crippen molar-refractivity contribution in [2.24, 2.45) is 4.99 Å². The topological polar surface area (TPSA) is 42.3 Å². The van der Waals surface area contributed by atoms with Crippen LogP contribution in [0, 0.1) is 0 Å². The minimum absolute atomic E-state index is 0.688. The van der Waals surface area contributed by atoms with Crippen molar-refractivity contribution in [1.82, 2.24) is 4.98 Å². The maximum absolute atomic E-state index is 10.1. The Balaban J connectivity index is 2.51. The van der Waals surface area contributed by atoms with E-state index in [1.54, 1.807) is 12.3 Å². The standard InChI is InChI=1S/C9H8N2OS/c12-6-11-9-4-10-3-7-5-13-2-1-8(7)9/h3-4H,1-2,5H2. The van der Waals surface area contributed by atoms with Gasteiger partial charge in [0.15, 0.2) is 0 Å². The van der Waals surface area contributed by atoms with Crippen molar-refractivity contribution in [2.75, 3.05) is 5.75 Å². The Hall–Kier alpha value is -1.12. The number of aromatic nitrogens is 1. The largest absolute Gasteiger partial charge is 0.262 e. The van der Waals surface area contributed by atoms with E-state index in [2.05, 4.69) is 9.98 Å². The molecule has 0 bridgehead atoms. The highest BCUT2D eigenvalue weighted by molar-refractivity contribution is 7.98. The minimum Gasteiger partial charge on any atom is -0.262 e. The third-order valence-electron chi connectivity index (χ3n) is 2.04. The number of rotatable bonds is 1. The third kappa shape index (κ3) is 1.64. The van der Waals surface area contributed by atoms with Gasteiger partial charge in [-0.15, -0.1) is 0 Å². The second-order valence-electron chi connectivity index (χ2n) is 2.80. The number of fused-ring (bicyclic) bond motifs is 1. The fraction of sp³-hybridized carbons (Fsp3) is 0.333. The van der Waals surface area contributed by atoms with Crippen LogP contribution >= 0.6 is 11.8 Å². The van der Waals surface area contributed by atoms with E-state index in [1.807, 2.05) is 18.0 Å². The molecule has 0 aliphatic carbocycles. The van der Waals surface area contributed by atoms with Crippen LogP contribution in [0.2, 0.25) is 0 Å². The quantitative estimate of drug-likeness (QED) is 0.503. The number of isocyanates is 1. The van der Waals surface area contributed by atoms with Crippen LogP contribution in [-0.4, -0.2) is 16.8 Å². The molecule has 0 amide bonds. The van der Waals surface area contributed by atoms with E-state index >= 15 is 0 Å². The van der Waals surface area contributed by atoms with E-state index in [1.165, 1.54) is 5.56 Å². The molecule has 1 aromatic rings. The van der Waals surface area contributed by atoms with Gasteiger partial charge in [0.1, 0.15) is 0 Å². The lowest BCUT2D eigenvalue weighted by Gasteiger charge is -2.15. The predicted molar refractivity (Wildman–Crippen MR) is 51.9 cm³/mol. The first-order valence-corrected chi connectivity index (χ1v) is 5.18. The minimum atomic E-state index is 0.688. The second kappa shape index (κ2) is 3.73. The Morgan fingerprint density at radius 1 is 1.54 bits per heavy atom. The smallest absolute Gasteiger partial charge is 0.240 e. The zero-order valence-corrected chi connectivity index (χ0v) is 7.80. The third-order valence-corrected chi connectivity index (χ3v) is 3.05. The number of thioether (sulfide) groups is 1. The van der Waals surface area contributed by atoms with E-state index < -0.39 is 0 Å². The summed E-state index contributed by atoms with van der Waals surface area (Å²) in [7, 11) is 0. The second-order valence-corrected chi connectivity index (χ2v) is 3.91. The SMILES string of the molecule is O=C=Nc1cncc2c1CCSC2. The summed E-state index contributed by atoms with van der Waals surface area (Å²) >= 11 is 1.88. The van der Waals surface area contributed by atoms with Crippen LogP contribution in [0.4, 0.5) is 5.69 Å². The van der Waals surface area contributed by atoms with Gasteiger partial charge in [0, 0.05) is 11.9 Å². The van der Waals surface area contributed by atoms with Crippen LogP contribution in [0.15, 0.2) is 17.4 Å². The van der Waals surface area contributed by atoms with E-state index in [4.69, 9.17) is 0 Å². The molecule has 0 saturated carbocycles. The lowest BCUT2D eigenvalue weighted by molar-refractivity contribution is 0.565. The summed E-state index contributed by atoms with van der Waals surface area (Å²) in [5.74, 6) is 2.07. The van der Waals surface area contributed by atoms with Gasteiger partial charge in [-0.3, -0.25) is 4.98 Å². The van der Waals surface area contributed by atoms with Crippen molar-refractivity contribution in [2.45, 2.75) is 12.2 Å². The molecule has 66 valence electrons. The molecule has 0 atom stereocenters. The lowest BCUT2D eigenvalue weighted by atomic mass is 10.1. The molecule has 1 aliphatic heterocycles. The number of nitrogens with zero attached hydrogens (tertiary/aromatic N) is 2. The average Bonchev–Trinajstić information content (AvgIpc) is 2.19. The predicted octanol–water partition coefficient (Wildman–Crippen LogP) is 1.84. The maximum Gasteiger partial charge on any atom is 0.240 e. The Morgan fingerprint density at radius 2 is 2.46 bits per heavy atom. The molecule has 0 N–H and O–H groups in total. The van der Waals surface area contributed by atoms with Crippen molar-refractivity contribution < 1.29 is 4.79 Å². The first kappa shape index (κ1) is 8.48. The summed E-state index contributed by atoms with van der Waals surface area (Å²) < 4.78 is 0. The van der Waals surface area contributed by atoms with Crippen molar-refractivity contribution in [1.29, 1.82) is 0 Å². The number of pyridine rings is 1. The molecule has 1 aromatic heterocycles. The molecule has 3 nitrogen and oxygen atoms in total. The van der Waals surface area contributed by atoms with Crippen LogP contribution < -0.4 is 0 Å². The Bertz CT molecular complexity index is 372. The van der Waals surface area contributed by atoms with Gasteiger partial charge in [0.25, 0.3) is 0 Å². The van der Waals surface area contributed by atoms with Gasteiger partial charge < -0.3 is 0 Å². The van der Waals surface area contributed by atoms with Crippen molar-refractivity contribution in [3.05, 3.63) is 23.5 Å². The van der Waals surface area contributed by atoms with Crippen LogP contribution in [0.5, 0.6) is 0 Å². The molecule has 4 heteroatoms. The van der Waals surface area contributed by atoms with Crippen molar-refractivity contribution in [3.8, 4) is 0 Å². The first-order chi connectivity index (χ1) is 6.42. The van der Waals surface area contributed by atoms with Crippen molar-refractivity contribution >= 4 is 23.5 Å². The molecule has 2 heterocycles. The monoisotopic (exact) mass is 192 g/mol. The molecule has 0 aromatic carbocycles. The summed E-state index contributed by atoms with van der Waals surface area (Å²) in [6, 6.07) is 0. The number of hydrogen-bond donors (Lipinski definition) is 0. The highest BCUT2D eigenvalue weighted by Gasteiger charge is 2.12. The molecular formula is C9H8N2OS. The molecule has 0 fully saturated rings. The van der Waals surface area contributed by atoms with Crippen LogP contribution in [0.25, 0.3) is 0 Å². The summed E-state index contributed by atoms with van der Waals surface area (Å²) in [4.78, 5) is 17.8. The highest BCUT2D eigenvalue weighted by atomic mass is 32.2. The van der Waals surface area contributed by atoms with Crippen LogP contribution in [0.1, 0.15) is 11.1 Å². The van der Waals surface area contributed by atoms with Gasteiger partial charge in [0.05, 0.1) is 11.9 Å². The van der Waals surface area contributed by atoms with Gasteiger partial charge >= 0.3 is 0 Å². The Kier molecular flexibility index (Phi) is 2.43. The molecule has 2 rings (SSSR count). The fourth-order valence-corrected chi connectivity index (χ4v) is 2.39.